The molecule has 0 aromatic heterocycles. The molecule has 1 rings (SSSR count). The van der Waals surface area contributed by atoms with Gasteiger partial charge < -0.3 is 24.8 Å². The van der Waals surface area contributed by atoms with Crippen LogP contribution in [0, 0.1) is 11.8 Å². The van der Waals surface area contributed by atoms with Gasteiger partial charge in [-0.25, -0.2) is 0 Å². The average molecular weight is 302 g/mol. The zero-order valence-corrected chi connectivity index (χ0v) is 13.7. The van der Waals surface area contributed by atoms with Crippen LogP contribution in [0.25, 0.3) is 0 Å². The van der Waals surface area contributed by atoms with Gasteiger partial charge in [-0.15, -0.1) is 0 Å². The fourth-order valence-corrected chi connectivity index (χ4v) is 2.88. The molecule has 21 heavy (non-hydrogen) atoms. The first-order chi connectivity index (χ1) is 9.71. The summed E-state index contributed by atoms with van der Waals surface area (Å²) in [7, 11) is 0. The predicted molar refractivity (Wildman–Crippen MR) is 80.7 cm³/mol. The molecule has 0 spiro atoms. The summed E-state index contributed by atoms with van der Waals surface area (Å²) in [4.78, 5) is 0. The molecule has 0 aliphatic carbocycles. The number of hydrogen-bond donors (Lipinski definition) is 3. The quantitative estimate of drug-likeness (QED) is 0.621. The maximum absolute atomic E-state index is 10.1. The van der Waals surface area contributed by atoms with Crippen molar-refractivity contribution < 1.29 is 24.8 Å². The normalized spacial score (nSPS) is 33.5. The van der Waals surface area contributed by atoms with Gasteiger partial charge in [-0.2, -0.15) is 0 Å². The van der Waals surface area contributed by atoms with E-state index in [0.717, 1.165) is 6.42 Å². The third-order valence-corrected chi connectivity index (χ3v) is 3.88. The molecule has 124 valence electrons. The molecule has 1 fully saturated rings. The van der Waals surface area contributed by atoms with Crippen LogP contribution in [0.5, 0.6) is 0 Å². The summed E-state index contributed by atoms with van der Waals surface area (Å²) in [6, 6.07) is 0. The summed E-state index contributed by atoms with van der Waals surface area (Å²) >= 11 is 0. The highest BCUT2D eigenvalue weighted by atomic mass is 16.7. The molecule has 6 unspecified atom stereocenters. The van der Waals surface area contributed by atoms with E-state index >= 15 is 0 Å². The Bertz CT molecular complexity index is 342. The van der Waals surface area contributed by atoms with E-state index in [1.165, 1.54) is 0 Å². The van der Waals surface area contributed by atoms with E-state index < -0.39 is 30.2 Å². The summed E-state index contributed by atoms with van der Waals surface area (Å²) in [5.41, 5.74) is -0.484. The first-order valence-corrected chi connectivity index (χ1v) is 7.65. The lowest BCUT2D eigenvalue weighted by molar-refractivity contribution is -0.224. The summed E-state index contributed by atoms with van der Waals surface area (Å²) in [5.74, 6) is 0.0916. The van der Waals surface area contributed by atoms with Crippen molar-refractivity contribution in [2.24, 2.45) is 11.8 Å². The first kappa shape index (κ1) is 18.6. The van der Waals surface area contributed by atoms with Crippen LogP contribution < -0.4 is 0 Å². The van der Waals surface area contributed by atoms with Crippen LogP contribution in [0.2, 0.25) is 0 Å². The van der Waals surface area contributed by atoms with Crippen molar-refractivity contribution in [3.05, 3.63) is 12.2 Å². The van der Waals surface area contributed by atoms with Crippen molar-refractivity contribution in [3.8, 4) is 0 Å². The predicted octanol–water partition coefficient (Wildman–Crippen LogP) is 1.46. The van der Waals surface area contributed by atoms with E-state index in [0.29, 0.717) is 5.92 Å². The van der Waals surface area contributed by atoms with Crippen LogP contribution >= 0.6 is 0 Å². The van der Waals surface area contributed by atoms with Gasteiger partial charge in [0.2, 0.25) is 0 Å². The van der Waals surface area contributed by atoms with Crippen molar-refractivity contribution >= 4 is 0 Å². The number of ether oxygens (including phenoxy) is 2. The third kappa shape index (κ3) is 5.04. The molecule has 0 amide bonds. The smallest absolute Gasteiger partial charge is 0.187 e. The Balaban J connectivity index is 2.65. The van der Waals surface area contributed by atoms with E-state index in [2.05, 4.69) is 13.0 Å². The Morgan fingerprint density at radius 3 is 2.38 bits per heavy atom. The van der Waals surface area contributed by atoms with E-state index in [1.807, 2.05) is 26.8 Å². The minimum atomic E-state index is -1.10. The Morgan fingerprint density at radius 2 is 1.86 bits per heavy atom. The average Bonchev–Trinajstić information content (AvgIpc) is 2.65. The minimum Gasteiger partial charge on any atom is -0.396 e. The van der Waals surface area contributed by atoms with Crippen molar-refractivity contribution in [1.82, 2.24) is 0 Å². The van der Waals surface area contributed by atoms with E-state index in [1.54, 1.807) is 6.92 Å². The van der Waals surface area contributed by atoms with Crippen LogP contribution in [0.15, 0.2) is 12.2 Å². The molecule has 3 N–H and O–H groups in total. The fourth-order valence-electron chi connectivity index (χ4n) is 2.88. The lowest BCUT2D eigenvalue weighted by atomic mass is 9.94. The Hall–Kier alpha value is -0.460. The van der Waals surface area contributed by atoms with Gasteiger partial charge in [-0.1, -0.05) is 26.0 Å². The van der Waals surface area contributed by atoms with E-state index in [4.69, 9.17) is 9.47 Å². The second-order valence-electron chi connectivity index (χ2n) is 6.69. The van der Waals surface area contributed by atoms with Gasteiger partial charge in [-0.3, -0.25) is 0 Å². The molecular weight excluding hydrogens is 272 g/mol. The van der Waals surface area contributed by atoms with Gasteiger partial charge in [0.05, 0.1) is 11.7 Å². The van der Waals surface area contributed by atoms with E-state index in [-0.39, 0.29) is 12.5 Å². The molecule has 1 aliphatic rings. The largest absolute Gasteiger partial charge is 0.396 e. The summed E-state index contributed by atoms with van der Waals surface area (Å²) < 4.78 is 11.5. The van der Waals surface area contributed by atoms with Gasteiger partial charge in [0.1, 0.15) is 12.2 Å². The molecule has 1 saturated heterocycles. The monoisotopic (exact) mass is 302 g/mol. The zero-order valence-electron chi connectivity index (χ0n) is 13.7. The highest BCUT2D eigenvalue weighted by molar-refractivity contribution is 4.92. The molecule has 5 nitrogen and oxygen atoms in total. The van der Waals surface area contributed by atoms with Crippen LogP contribution in [-0.2, 0) is 9.47 Å². The SMILES string of the molecule is C/C=C\C(C)CC(C)(C)OC1OC(C(C)CO)C(O)C1O. The molecular formula is C16H30O5. The highest BCUT2D eigenvalue weighted by Gasteiger charge is 2.47. The van der Waals surface area contributed by atoms with Crippen molar-refractivity contribution in [2.75, 3.05) is 6.61 Å². The van der Waals surface area contributed by atoms with E-state index in [9.17, 15) is 15.3 Å². The van der Waals surface area contributed by atoms with Crippen molar-refractivity contribution in [2.45, 2.75) is 71.2 Å². The first-order valence-electron chi connectivity index (χ1n) is 7.65. The van der Waals surface area contributed by atoms with Gasteiger partial charge in [0.15, 0.2) is 6.29 Å². The molecule has 5 heteroatoms. The summed E-state index contributed by atoms with van der Waals surface area (Å²) in [6.45, 7) is 9.62. The molecule has 1 aliphatic heterocycles. The molecule has 0 radical (unpaired) electrons. The van der Waals surface area contributed by atoms with Gasteiger partial charge in [0, 0.05) is 12.5 Å². The van der Waals surface area contributed by atoms with Crippen LogP contribution in [-0.4, -0.2) is 52.1 Å². The second-order valence-corrected chi connectivity index (χ2v) is 6.69. The Labute approximate surface area is 127 Å². The Kier molecular flexibility index (Phi) is 6.81. The minimum absolute atomic E-state index is 0.108. The molecule has 0 aromatic rings. The Morgan fingerprint density at radius 1 is 1.24 bits per heavy atom. The standard InChI is InChI=1S/C16H30O5/c1-6-7-10(2)8-16(4,5)21-15-13(19)12(18)14(20-15)11(3)9-17/h6-7,10-15,17-19H,8-9H2,1-5H3/b7-6-. The zero-order chi connectivity index (χ0) is 16.2. The van der Waals surface area contributed by atoms with Crippen molar-refractivity contribution in [1.29, 1.82) is 0 Å². The van der Waals surface area contributed by atoms with Crippen LogP contribution in [0.3, 0.4) is 0 Å². The molecule has 0 aromatic carbocycles. The highest BCUT2D eigenvalue weighted by Crippen LogP contribution is 2.32. The van der Waals surface area contributed by atoms with Crippen molar-refractivity contribution in [3.63, 3.8) is 0 Å². The lowest BCUT2D eigenvalue weighted by Gasteiger charge is -2.31. The molecule has 6 atom stereocenters. The fraction of sp³-hybridized carbons (Fsp3) is 0.875. The number of aliphatic hydroxyl groups excluding tert-OH is 3. The maximum atomic E-state index is 10.1. The van der Waals surface area contributed by atoms with Crippen LogP contribution in [0.4, 0.5) is 0 Å². The summed E-state index contributed by atoms with van der Waals surface area (Å²) in [6.07, 6.45) is 1.26. The number of allylic oxidation sites excluding steroid dienone is 2. The number of aliphatic hydroxyl groups is 3. The van der Waals surface area contributed by atoms with Crippen LogP contribution in [0.1, 0.15) is 41.0 Å². The lowest BCUT2D eigenvalue weighted by Crippen LogP contribution is -2.40. The number of hydrogen-bond acceptors (Lipinski definition) is 5. The topological polar surface area (TPSA) is 79.2 Å². The summed E-state index contributed by atoms with van der Waals surface area (Å²) in [5, 5.41) is 29.3. The van der Waals surface area contributed by atoms with Gasteiger partial charge >= 0.3 is 0 Å². The third-order valence-electron chi connectivity index (χ3n) is 3.88. The molecule has 0 bridgehead atoms. The maximum Gasteiger partial charge on any atom is 0.187 e. The molecule has 1 heterocycles. The number of rotatable bonds is 7. The molecule has 0 saturated carbocycles. The second kappa shape index (κ2) is 7.70. The van der Waals surface area contributed by atoms with Gasteiger partial charge in [-0.05, 0) is 33.1 Å². The van der Waals surface area contributed by atoms with Gasteiger partial charge in [0.25, 0.3) is 0 Å².